The summed E-state index contributed by atoms with van der Waals surface area (Å²) in [6.07, 6.45) is 6.62. The zero-order chi connectivity index (χ0) is 16.8. The molecule has 2 aliphatic rings. The number of hydrogen-bond acceptors (Lipinski definition) is 4. The SMILES string of the molecule is O=C(NC1CCCc2cccnc21)c1cc2ncc3c(c2[nH]1)COC3. The third-order valence-electron chi connectivity index (χ3n) is 5.09. The number of aryl methyl sites for hydroxylation is 1. The lowest BCUT2D eigenvalue weighted by atomic mass is 9.92. The van der Waals surface area contributed by atoms with Gasteiger partial charge in [0, 0.05) is 23.5 Å². The van der Waals surface area contributed by atoms with Crippen molar-refractivity contribution in [2.45, 2.75) is 38.5 Å². The van der Waals surface area contributed by atoms with Gasteiger partial charge in [-0.25, -0.2) is 0 Å². The summed E-state index contributed by atoms with van der Waals surface area (Å²) in [7, 11) is 0. The van der Waals surface area contributed by atoms with E-state index in [1.54, 1.807) is 6.20 Å². The van der Waals surface area contributed by atoms with E-state index in [2.05, 4.69) is 26.3 Å². The number of carbonyl (C=O) groups excluding carboxylic acids is 1. The number of carbonyl (C=O) groups is 1. The Hall–Kier alpha value is -2.73. The van der Waals surface area contributed by atoms with Gasteiger partial charge in [-0.15, -0.1) is 0 Å². The standard InChI is InChI=1S/C19H18N4O2/c24-19(23-14-5-1-3-11-4-2-6-20-17(11)14)16-7-15-18(22-16)13-10-25-9-12(13)8-21-15/h2,4,6-8,14,22H,1,3,5,9-10H2,(H,23,24). The number of fused-ring (bicyclic) bond motifs is 4. The van der Waals surface area contributed by atoms with Gasteiger partial charge in [-0.1, -0.05) is 6.07 Å². The van der Waals surface area contributed by atoms with E-state index in [0.717, 1.165) is 47.1 Å². The third-order valence-corrected chi connectivity index (χ3v) is 5.09. The number of hydrogen-bond donors (Lipinski definition) is 2. The maximum atomic E-state index is 12.8. The largest absolute Gasteiger partial charge is 0.372 e. The van der Waals surface area contributed by atoms with Crippen LogP contribution in [0.15, 0.2) is 30.6 Å². The molecule has 4 heterocycles. The molecule has 0 radical (unpaired) electrons. The Morgan fingerprint density at radius 2 is 2.24 bits per heavy atom. The number of pyridine rings is 2. The molecule has 25 heavy (non-hydrogen) atoms. The van der Waals surface area contributed by atoms with Gasteiger partial charge in [-0.3, -0.25) is 14.8 Å². The Labute approximate surface area is 144 Å². The highest BCUT2D eigenvalue weighted by Gasteiger charge is 2.25. The number of ether oxygens (including phenoxy) is 1. The molecule has 1 atom stereocenters. The zero-order valence-corrected chi connectivity index (χ0v) is 13.7. The van der Waals surface area contributed by atoms with E-state index in [0.29, 0.717) is 18.9 Å². The predicted molar refractivity (Wildman–Crippen MR) is 92.0 cm³/mol. The molecule has 5 rings (SSSR count). The minimum absolute atomic E-state index is 0.0362. The Morgan fingerprint density at radius 3 is 3.20 bits per heavy atom. The lowest BCUT2D eigenvalue weighted by Gasteiger charge is -2.24. The normalized spacial score (nSPS) is 18.8. The van der Waals surface area contributed by atoms with Crippen LogP contribution in [0, 0.1) is 0 Å². The molecule has 126 valence electrons. The molecule has 3 aromatic heterocycles. The van der Waals surface area contributed by atoms with E-state index in [9.17, 15) is 4.79 Å². The van der Waals surface area contributed by atoms with Crippen LogP contribution in [0.1, 0.15) is 51.8 Å². The topological polar surface area (TPSA) is 79.9 Å². The van der Waals surface area contributed by atoms with E-state index >= 15 is 0 Å². The molecule has 0 spiro atoms. The summed E-state index contributed by atoms with van der Waals surface area (Å²) in [5.74, 6) is -0.117. The number of aromatic amines is 1. The fourth-order valence-electron chi connectivity index (χ4n) is 3.82. The maximum Gasteiger partial charge on any atom is 0.268 e. The predicted octanol–water partition coefficient (Wildman–Crippen LogP) is 2.80. The monoisotopic (exact) mass is 334 g/mol. The first kappa shape index (κ1) is 14.6. The Bertz CT molecular complexity index is 979. The first-order chi connectivity index (χ1) is 12.3. The van der Waals surface area contributed by atoms with Crippen molar-refractivity contribution in [3.8, 4) is 0 Å². The van der Waals surface area contributed by atoms with Crippen molar-refractivity contribution in [1.82, 2.24) is 20.3 Å². The molecule has 2 N–H and O–H groups in total. The summed E-state index contributed by atoms with van der Waals surface area (Å²) in [5.41, 5.74) is 6.66. The molecule has 1 aliphatic carbocycles. The van der Waals surface area contributed by atoms with E-state index in [4.69, 9.17) is 4.74 Å². The van der Waals surface area contributed by atoms with Crippen LogP contribution in [0.4, 0.5) is 0 Å². The van der Waals surface area contributed by atoms with Crippen LogP contribution in [0.3, 0.4) is 0 Å². The number of rotatable bonds is 2. The number of H-pyrrole nitrogens is 1. The van der Waals surface area contributed by atoms with Crippen molar-refractivity contribution in [3.05, 3.63) is 58.7 Å². The van der Waals surface area contributed by atoms with Crippen molar-refractivity contribution in [1.29, 1.82) is 0 Å². The first-order valence-corrected chi connectivity index (χ1v) is 8.61. The summed E-state index contributed by atoms with van der Waals surface area (Å²) in [6.45, 7) is 1.15. The van der Waals surface area contributed by atoms with Gasteiger partial charge < -0.3 is 15.0 Å². The van der Waals surface area contributed by atoms with Crippen LogP contribution in [0.5, 0.6) is 0 Å². The van der Waals surface area contributed by atoms with E-state index in [-0.39, 0.29) is 11.9 Å². The van der Waals surface area contributed by atoms with Crippen LogP contribution in [-0.2, 0) is 24.4 Å². The quantitative estimate of drug-likeness (QED) is 0.755. The van der Waals surface area contributed by atoms with Crippen LogP contribution < -0.4 is 5.32 Å². The van der Waals surface area contributed by atoms with Gasteiger partial charge in [0.25, 0.3) is 5.91 Å². The summed E-state index contributed by atoms with van der Waals surface area (Å²) in [5, 5.41) is 3.13. The molecule has 0 fully saturated rings. The molecular formula is C19H18N4O2. The molecule has 0 saturated carbocycles. The number of nitrogens with one attached hydrogen (secondary N) is 2. The number of aromatic nitrogens is 3. The molecule has 0 bridgehead atoms. The average molecular weight is 334 g/mol. The van der Waals surface area contributed by atoms with E-state index in [1.165, 1.54) is 5.56 Å². The van der Waals surface area contributed by atoms with Gasteiger partial charge >= 0.3 is 0 Å². The summed E-state index contributed by atoms with van der Waals surface area (Å²) in [6, 6.07) is 5.82. The lowest BCUT2D eigenvalue weighted by Crippen LogP contribution is -2.31. The summed E-state index contributed by atoms with van der Waals surface area (Å²) >= 11 is 0. The summed E-state index contributed by atoms with van der Waals surface area (Å²) < 4.78 is 5.48. The van der Waals surface area contributed by atoms with Gasteiger partial charge in [0.15, 0.2) is 0 Å². The highest BCUT2D eigenvalue weighted by atomic mass is 16.5. The van der Waals surface area contributed by atoms with Gasteiger partial charge in [0.2, 0.25) is 0 Å². The fraction of sp³-hybridized carbons (Fsp3) is 0.316. The molecule has 3 aromatic rings. The molecule has 1 unspecified atom stereocenters. The van der Waals surface area contributed by atoms with E-state index in [1.807, 2.05) is 18.3 Å². The highest BCUT2D eigenvalue weighted by molar-refractivity contribution is 5.98. The van der Waals surface area contributed by atoms with Crippen LogP contribution in [0.25, 0.3) is 11.0 Å². The van der Waals surface area contributed by atoms with Crippen molar-refractivity contribution in [3.63, 3.8) is 0 Å². The van der Waals surface area contributed by atoms with Crippen molar-refractivity contribution in [2.24, 2.45) is 0 Å². The second kappa shape index (κ2) is 5.67. The molecule has 6 nitrogen and oxygen atoms in total. The number of nitrogens with zero attached hydrogens (tertiary/aromatic N) is 2. The molecule has 0 saturated heterocycles. The first-order valence-electron chi connectivity index (χ1n) is 8.61. The van der Waals surface area contributed by atoms with Gasteiger partial charge in [0.1, 0.15) is 5.69 Å². The van der Waals surface area contributed by atoms with Crippen molar-refractivity contribution in [2.75, 3.05) is 0 Å². The average Bonchev–Trinajstić information content (AvgIpc) is 3.28. The molecule has 6 heteroatoms. The van der Waals surface area contributed by atoms with E-state index < -0.39 is 0 Å². The Balaban J connectivity index is 1.45. The maximum absolute atomic E-state index is 12.8. The van der Waals surface area contributed by atoms with Crippen LogP contribution >= 0.6 is 0 Å². The zero-order valence-electron chi connectivity index (χ0n) is 13.7. The van der Waals surface area contributed by atoms with Gasteiger partial charge in [-0.05, 0) is 37.0 Å². The molecular weight excluding hydrogens is 316 g/mol. The third kappa shape index (κ3) is 2.41. The molecule has 1 aliphatic heterocycles. The van der Waals surface area contributed by atoms with Crippen LogP contribution in [0.2, 0.25) is 0 Å². The highest BCUT2D eigenvalue weighted by Crippen LogP contribution is 2.29. The Morgan fingerprint density at radius 1 is 1.28 bits per heavy atom. The van der Waals surface area contributed by atoms with Crippen LogP contribution in [-0.4, -0.2) is 20.9 Å². The molecule has 0 aromatic carbocycles. The summed E-state index contributed by atoms with van der Waals surface area (Å²) in [4.78, 5) is 24.9. The number of amides is 1. The van der Waals surface area contributed by atoms with Gasteiger partial charge in [0.05, 0.1) is 36.0 Å². The second-order valence-electron chi connectivity index (χ2n) is 6.66. The van der Waals surface area contributed by atoms with Crippen molar-refractivity contribution >= 4 is 16.9 Å². The van der Waals surface area contributed by atoms with Crippen molar-refractivity contribution < 1.29 is 9.53 Å². The van der Waals surface area contributed by atoms with Gasteiger partial charge in [-0.2, -0.15) is 0 Å². The Kier molecular flexibility index (Phi) is 3.31. The minimum Gasteiger partial charge on any atom is -0.372 e. The fourth-order valence-corrected chi connectivity index (χ4v) is 3.82. The minimum atomic E-state index is -0.117. The molecule has 1 amide bonds. The smallest absolute Gasteiger partial charge is 0.268 e. The lowest BCUT2D eigenvalue weighted by molar-refractivity contribution is 0.0927. The second-order valence-corrected chi connectivity index (χ2v) is 6.66.